The van der Waals surface area contributed by atoms with E-state index in [1.54, 1.807) is 0 Å². The van der Waals surface area contributed by atoms with Gasteiger partial charge in [0, 0.05) is 30.5 Å². The van der Waals surface area contributed by atoms with Crippen molar-refractivity contribution in [2.24, 2.45) is 0 Å². The average Bonchev–Trinajstić information content (AvgIpc) is 2.49. The highest BCUT2D eigenvalue weighted by molar-refractivity contribution is 5.11. The lowest BCUT2D eigenvalue weighted by Crippen LogP contribution is -2.33. The highest BCUT2D eigenvalue weighted by atomic mass is 16.5. The monoisotopic (exact) mass is 262 g/mol. The largest absolute Gasteiger partial charge is 0.378 e. The third-order valence-corrected chi connectivity index (χ3v) is 4.20. The predicted octanol–water partition coefficient (Wildman–Crippen LogP) is 3.12. The standard InChI is InChI=1S/C16H26N2O/c1-13(16-8-3-5-11-18-16)15(17-2)10-9-14-7-4-6-12-19-14/h3,5,8,11,13-15,17H,4,6-7,9-10,12H2,1-2H3. The van der Waals surface area contributed by atoms with Gasteiger partial charge in [0.15, 0.2) is 0 Å². The van der Waals surface area contributed by atoms with Gasteiger partial charge < -0.3 is 10.1 Å². The Bertz CT molecular complexity index is 349. The maximum Gasteiger partial charge on any atom is 0.0575 e. The van der Waals surface area contributed by atoms with Crippen LogP contribution in [0.25, 0.3) is 0 Å². The fourth-order valence-corrected chi connectivity index (χ4v) is 2.90. The average molecular weight is 262 g/mol. The van der Waals surface area contributed by atoms with Gasteiger partial charge in [-0.3, -0.25) is 4.98 Å². The molecule has 0 aromatic carbocycles. The molecule has 1 fully saturated rings. The van der Waals surface area contributed by atoms with Crippen LogP contribution in [-0.4, -0.2) is 30.8 Å². The number of hydrogen-bond acceptors (Lipinski definition) is 3. The number of pyridine rings is 1. The van der Waals surface area contributed by atoms with Crippen LogP contribution in [0, 0.1) is 0 Å². The molecular formula is C16H26N2O. The van der Waals surface area contributed by atoms with Crippen LogP contribution in [0.2, 0.25) is 0 Å². The van der Waals surface area contributed by atoms with Crippen LogP contribution >= 0.6 is 0 Å². The van der Waals surface area contributed by atoms with Gasteiger partial charge in [0.2, 0.25) is 0 Å². The minimum Gasteiger partial charge on any atom is -0.378 e. The van der Waals surface area contributed by atoms with Gasteiger partial charge >= 0.3 is 0 Å². The zero-order valence-electron chi connectivity index (χ0n) is 12.1. The first-order chi connectivity index (χ1) is 9.31. The molecule has 3 nitrogen and oxygen atoms in total. The Labute approximate surface area is 116 Å². The van der Waals surface area contributed by atoms with Gasteiger partial charge in [0.05, 0.1) is 6.10 Å². The summed E-state index contributed by atoms with van der Waals surface area (Å²) in [5, 5.41) is 3.44. The van der Waals surface area contributed by atoms with E-state index in [1.807, 2.05) is 19.3 Å². The van der Waals surface area contributed by atoms with Crippen molar-refractivity contribution in [3.63, 3.8) is 0 Å². The van der Waals surface area contributed by atoms with Gasteiger partial charge in [-0.05, 0) is 51.3 Å². The normalized spacial score (nSPS) is 22.9. The van der Waals surface area contributed by atoms with Crippen LogP contribution in [0.15, 0.2) is 24.4 Å². The number of nitrogens with one attached hydrogen (secondary N) is 1. The second-order valence-corrected chi connectivity index (χ2v) is 5.50. The Morgan fingerprint density at radius 3 is 2.95 bits per heavy atom. The lowest BCUT2D eigenvalue weighted by atomic mass is 9.91. The van der Waals surface area contributed by atoms with Crippen LogP contribution in [0.4, 0.5) is 0 Å². The Kier molecular flexibility index (Phi) is 5.80. The molecule has 106 valence electrons. The molecule has 3 heteroatoms. The van der Waals surface area contributed by atoms with E-state index in [0.29, 0.717) is 18.1 Å². The van der Waals surface area contributed by atoms with E-state index in [1.165, 1.54) is 25.0 Å². The first-order valence-electron chi connectivity index (χ1n) is 7.51. The second kappa shape index (κ2) is 7.61. The first-order valence-corrected chi connectivity index (χ1v) is 7.51. The quantitative estimate of drug-likeness (QED) is 0.855. The maximum atomic E-state index is 5.81. The van der Waals surface area contributed by atoms with Crippen LogP contribution in [0.5, 0.6) is 0 Å². The summed E-state index contributed by atoms with van der Waals surface area (Å²) in [5.41, 5.74) is 1.17. The van der Waals surface area contributed by atoms with Crippen molar-refractivity contribution in [3.8, 4) is 0 Å². The van der Waals surface area contributed by atoms with E-state index < -0.39 is 0 Å². The predicted molar refractivity (Wildman–Crippen MR) is 78.3 cm³/mol. The molecule has 1 aromatic heterocycles. The second-order valence-electron chi connectivity index (χ2n) is 5.50. The van der Waals surface area contributed by atoms with Gasteiger partial charge in [-0.2, -0.15) is 0 Å². The summed E-state index contributed by atoms with van der Waals surface area (Å²) in [4.78, 5) is 4.47. The molecule has 1 aliphatic heterocycles. The minimum absolute atomic E-state index is 0.440. The summed E-state index contributed by atoms with van der Waals surface area (Å²) < 4.78 is 5.81. The Hall–Kier alpha value is -0.930. The Morgan fingerprint density at radius 1 is 1.42 bits per heavy atom. The van der Waals surface area contributed by atoms with E-state index in [4.69, 9.17) is 4.74 Å². The Balaban J connectivity index is 1.85. The zero-order valence-corrected chi connectivity index (χ0v) is 12.1. The minimum atomic E-state index is 0.440. The van der Waals surface area contributed by atoms with E-state index >= 15 is 0 Å². The summed E-state index contributed by atoms with van der Waals surface area (Å²) in [7, 11) is 2.05. The summed E-state index contributed by atoms with van der Waals surface area (Å²) >= 11 is 0. The molecule has 19 heavy (non-hydrogen) atoms. The number of hydrogen-bond donors (Lipinski definition) is 1. The van der Waals surface area contributed by atoms with E-state index in [2.05, 4.69) is 29.4 Å². The Morgan fingerprint density at radius 2 is 2.32 bits per heavy atom. The van der Waals surface area contributed by atoms with Crippen LogP contribution < -0.4 is 5.32 Å². The van der Waals surface area contributed by atoms with Crippen LogP contribution in [-0.2, 0) is 4.74 Å². The number of ether oxygens (including phenoxy) is 1. The van der Waals surface area contributed by atoms with Gasteiger partial charge in [0.25, 0.3) is 0 Å². The third kappa shape index (κ3) is 4.29. The molecular weight excluding hydrogens is 236 g/mol. The summed E-state index contributed by atoms with van der Waals surface area (Å²) in [6.45, 7) is 3.20. The third-order valence-electron chi connectivity index (χ3n) is 4.20. The summed E-state index contributed by atoms with van der Waals surface area (Å²) in [6.07, 6.45) is 8.44. The van der Waals surface area contributed by atoms with Crippen molar-refractivity contribution in [1.29, 1.82) is 0 Å². The molecule has 2 heterocycles. The topological polar surface area (TPSA) is 34.1 Å². The van der Waals surface area contributed by atoms with Crippen molar-refractivity contribution >= 4 is 0 Å². The van der Waals surface area contributed by atoms with Crippen molar-refractivity contribution in [2.45, 2.75) is 57.1 Å². The molecule has 0 amide bonds. The highest BCUT2D eigenvalue weighted by Gasteiger charge is 2.21. The molecule has 2 rings (SSSR count). The lowest BCUT2D eigenvalue weighted by molar-refractivity contribution is 0.00832. The zero-order chi connectivity index (χ0) is 13.5. The molecule has 1 aromatic rings. The fraction of sp³-hybridized carbons (Fsp3) is 0.688. The van der Waals surface area contributed by atoms with Crippen LogP contribution in [0.1, 0.15) is 50.6 Å². The fourth-order valence-electron chi connectivity index (χ4n) is 2.90. The van der Waals surface area contributed by atoms with E-state index in [-0.39, 0.29) is 0 Å². The van der Waals surface area contributed by atoms with Crippen molar-refractivity contribution in [1.82, 2.24) is 10.3 Å². The van der Waals surface area contributed by atoms with Gasteiger partial charge in [-0.25, -0.2) is 0 Å². The number of likely N-dealkylation sites (N-methyl/N-ethyl adjacent to an activating group) is 1. The molecule has 0 bridgehead atoms. The molecule has 3 unspecified atom stereocenters. The number of rotatable bonds is 6. The highest BCUT2D eigenvalue weighted by Crippen LogP contribution is 2.23. The lowest BCUT2D eigenvalue weighted by Gasteiger charge is -2.27. The maximum absolute atomic E-state index is 5.81. The SMILES string of the molecule is CNC(CCC1CCCCO1)C(C)c1ccccn1. The number of nitrogens with zero attached hydrogens (tertiary/aromatic N) is 1. The summed E-state index contributed by atoms with van der Waals surface area (Å²) in [5.74, 6) is 0.440. The molecule has 0 radical (unpaired) electrons. The van der Waals surface area contributed by atoms with Gasteiger partial charge in [-0.15, -0.1) is 0 Å². The molecule has 1 aliphatic rings. The first kappa shape index (κ1) is 14.5. The van der Waals surface area contributed by atoms with E-state index in [0.717, 1.165) is 19.4 Å². The molecule has 0 spiro atoms. The molecule has 3 atom stereocenters. The van der Waals surface area contributed by atoms with Crippen molar-refractivity contribution in [3.05, 3.63) is 30.1 Å². The van der Waals surface area contributed by atoms with Crippen LogP contribution in [0.3, 0.4) is 0 Å². The number of aromatic nitrogens is 1. The van der Waals surface area contributed by atoms with Gasteiger partial charge in [0.1, 0.15) is 0 Å². The van der Waals surface area contributed by atoms with Crippen molar-refractivity contribution in [2.75, 3.05) is 13.7 Å². The molecule has 1 N–H and O–H groups in total. The molecule has 0 aliphatic carbocycles. The van der Waals surface area contributed by atoms with E-state index in [9.17, 15) is 0 Å². The van der Waals surface area contributed by atoms with Crippen molar-refractivity contribution < 1.29 is 4.74 Å². The smallest absolute Gasteiger partial charge is 0.0575 e. The molecule has 0 saturated carbocycles. The summed E-state index contributed by atoms with van der Waals surface area (Å²) in [6, 6.07) is 6.63. The van der Waals surface area contributed by atoms with Gasteiger partial charge in [-0.1, -0.05) is 13.0 Å². The molecule has 1 saturated heterocycles.